The lowest BCUT2D eigenvalue weighted by molar-refractivity contribution is 0.302. The van der Waals surface area contributed by atoms with Crippen LogP contribution in [0.15, 0.2) is 72.8 Å². The van der Waals surface area contributed by atoms with E-state index in [9.17, 15) is 0 Å². The Morgan fingerprint density at radius 2 is 1.62 bits per heavy atom. The Labute approximate surface area is 139 Å². The molecule has 0 atom stereocenters. The van der Waals surface area contributed by atoms with Crippen LogP contribution in [0.1, 0.15) is 11.3 Å². The van der Waals surface area contributed by atoms with Crippen molar-refractivity contribution in [3.63, 3.8) is 0 Å². The number of nitriles is 1. The minimum absolute atomic E-state index is 0.423. The van der Waals surface area contributed by atoms with Gasteiger partial charge in [0.1, 0.15) is 12.4 Å². The first kappa shape index (κ1) is 14.2. The topological polar surface area (TPSA) is 45.9 Å². The molecule has 24 heavy (non-hydrogen) atoms. The van der Waals surface area contributed by atoms with Gasteiger partial charge in [-0.25, -0.2) is 4.98 Å². The Morgan fingerprint density at radius 3 is 2.54 bits per heavy atom. The summed E-state index contributed by atoms with van der Waals surface area (Å²) >= 11 is 0. The maximum atomic E-state index is 8.96. The van der Waals surface area contributed by atoms with Crippen LogP contribution in [0.2, 0.25) is 0 Å². The second kappa shape index (κ2) is 6.02. The molecule has 3 heteroatoms. The lowest BCUT2D eigenvalue weighted by Gasteiger charge is -2.08. The highest BCUT2D eigenvalue weighted by atomic mass is 16.5. The van der Waals surface area contributed by atoms with Crippen LogP contribution in [0.5, 0.6) is 5.75 Å². The summed E-state index contributed by atoms with van der Waals surface area (Å²) in [6.07, 6.45) is 0. The van der Waals surface area contributed by atoms with Gasteiger partial charge in [-0.05, 0) is 47.2 Å². The maximum absolute atomic E-state index is 8.96. The largest absolute Gasteiger partial charge is 0.487 e. The molecular formula is C21H14N2O. The normalized spacial score (nSPS) is 10.6. The van der Waals surface area contributed by atoms with Crippen molar-refractivity contribution in [1.82, 2.24) is 4.98 Å². The van der Waals surface area contributed by atoms with E-state index in [4.69, 9.17) is 10.00 Å². The van der Waals surface area contributed by atoms with Gasteiger partial charge in [-0.1, -0.05) is 36.4 Å². The van der Waals surface area contributed by atoms with Crippen LogP contribution in [-0.2, 0) is 6.61 Å². The molecule has 1 heterocycles. The van der Waals surface area contributed by atoms with Crippen LogP contribution >= 0.6 is 0 Å². The number of hydrogen-bond acceptors (Lipinski definition) is 3. The van der Waals surface area contributed by atoms with E-state index in [1.54, 1.807) is 0 Å². The minimum Gasteiger partial charge on any atom is -0.487 e. The molecule has 0 bridgehead atoms. The molecule has 0 saturated carbocycles. The summed E-state index contributed by atoms with van der Waals surface area (Å²) in [6.45, 7) is 0.423. The highest BCUT2D eigenvalue weighted by Crippen LogP contribution is 2.23. The molecule has 0 amide bonds. The van der Waals surface area contributed by atoms with Crippen LogP contribution in [0.3, 0.4) is 0 Å². The van der Waals surface area contributed by atoms with Crippen LogP contribution < -0.4 is 4.74 Å². The summed E-state index contributed by atoms with van der Waals surface area (Å²) in [5, 5.41) is 12.2. The van der Waals surface area contributed by atoms with Crippen LogP contribution in [0.25, 0.3) is 21.7 Å². The zero-order valence-electron chi connectivity index (χ0n) is 12.9. The van der Waals surface area contributed by atoms with Gasteiger partial charge in [0.2, 0.25) is 0 Å². The van der Waals surface area contributed by atoms with Crippen molar-refractivity contribution < 1.29 is 4.74 Å². The van der Waals surface area contributed by atoms with Gasteiger partial charge in [0.15, 0.2) is 0 Å². The lowest BCUT2D eigenvalue weighted by atomic mass is 10.1. The predicted octanol–water partition coefficient (Wildman–Crippen LogP) is 4.84. The van der Waals surface area contributed by atoms with E-state index in [1.807, 2.05) is 66.7 Å². The van der Waals surface area contributed by atoms with Gasteiger partial charge >= 0.3 is 0 Å². The van der Waals surface area contributed by atoms with E-state index in [0.717, 1.165) is 33.1 Å². The first-order chi connectivity index (χ1) is 11.8. The summed E-state index contributed by atoms with van der Waals surface area (Å²) < 4.78 is 5.88. The van der Waals surface area contributed by atoms with Crippen molar-refractivity contribution in [2.24, 2.45) is 0 Å². The molecule has 0 fully saturated rings. The van der Waals surface area contributed by atoms with E-state index in [1.165, 1.54) is 0 Å². The Kier molecular flexibility index (Phi) is 3.57. The highest BCUT2D eigenvalue weighted by Gasteiger charge is 2.02. The first-order valence-electron chi connectivity index (χ1n) is 7.73. The summed E-state index contributed by atoms with van der Waals surface area (Å²) in [4.78, 5) is 4.61. The predicted molar refractivity (Wildman–Crippen MR) is 94.7 cm³/mol. The second-order valence-corrected chi connectivity index (χ2v) is 5.62. The summed E-state index contributed by atoms with van der Waals surface area (Å²) in [5.74, 6) is 0.794. The molecule has 3 aromatic carbocycles. The molecule has 0 aliphatic carbocycles. The average molecular weight is 310 g/mol. The molecule has 0 N–H and O–H groups in total. The number of fused-ring (bicyclic) bond motifs is 2. The number of pyridine rings is 1. The molecule has 3 nitrogen and oxygen atoms in total. The lowest BCUT2D eigenvalue weighted by Crippen LogP contribution is -1.98. The second-order valence-electron chi connectivity index (χ2n) is 5.62. The van der Waals surface area contributed by atoms with Crippen molar-refractivity contribution in [1.29, 1.82) is 5.26 Å². The minimum atomic E-state index is 0.423. The average Bonchev–Trinajstić information content (AvgIpc) is 2.65. The van der Waals surface area contributed by atoms with Crippen LogP contribution in [-0.4, -0.2) is 4.98 Å². The van der Waals surface area contributed by atoms with E-state index in [2.05, 4.69) is 17.1 Å². The quantitative estimate of drug-likeness (QED) is 0.544. The fourth-order valence-electron chi connectivity index (χ4n) is 2.73. The molecule has 0 aliphatic heterocycles. The molecule has 0 aliphatic rings. The van der Waals surface area contributed by atoms with Crippen molar-refractivity contribution in [3.05, 3.63) is 84.1 Å². The van der Waals surface area contributed by atoms with Crippen molar-refractivity contribution in [3.8, 4) is 11.8 Å². The maximum Gasteiger partial charge on any atom is 0.130 e. The van der Waals surface area contributed by atoms with Crippen molar-refractivity contribution in [2.45, 2.75) is 6.61 Å². The Hall–Kier alpha value is -3.38. The van der Waals surface area contributed by atoms with Gasteiger partial charge in [0.05, 0.1) is 22.8 Å². The van der Waals surface area contributed by atoms with Crippen molar-refractivity contribution in [2.75, 3.05) is 0 Å². The van der Waals surface area contributed by atoms with Crippen LogP contribution in [0, 0.1) is 11.3 Å². The third-order valence-corrected chi connectivity index (χ3v) is 3.98. The smallest absolute Gasteiger partial charge is 0.130 e. The van der Waals surface area contributed by atoms with E-state index in [0.29, 0.717) is 12.2 Å². The number of benzene rings is 3. The number of rotatable bonds is 3. The fraction of sp³-hybridized carbons (Fsp3) is 0.0476. The molecule has 1 aromatic heterocycles. The molecule has 4 aromatic rings. The molecular weight excluding hydrogens is 296 g/mol. The van der Waals surface area contributed by atoms with Gasteiger partial charge < -0.3 is 4.74 Å². The summed E-state index contributed by atoms with van der Waals surface area (Å²) in [7, 11) is 0. The van der Waals surface area contributed by atoms with Crippen molar-refractivity contribution >= 4 is 21.7 Å². The highest BCUT2D eigenvalue weighted by molar-refractivity contribution is 5.85. The standard InChI is InChI=1S/C21H14N2O/c22-13-15-5-6-18-12-20(10-8-17(18)11-15)24-14-19-9-7-16-3-1-2-4-21(16)23-19/h1-12H,14H2. The fourth-order valence-corrected chi connectivity index (χ4v) is 2.73. The molecule has 114 valence electrons. The molecule has 0 spiro atoms. The Morgan fingerprint density at radius 1 is 0.833 bits per heavy atom. The molecule has 0 unspecified atom stereocenters. The third-order valence-electron chi connectivity index (χ3n) is 3.98. The molecule has 0 radical (unpaired) electrons. The van der Waals surface area contributed by atoms with E-state index in [-0.39, 0.29) is 0 Å². The first-order valence-corrected chi connectivity index (χ1v) is 7.73. The third kappa shape index (κ3) is 2.78. The molecule has 4 rings (SSSR count). The number of para-hydroxylation sites is 1. The Balaban J connectivity index is 1.56. The Bertz CT molecular complexity index is 1080. The summed E-state index contributed by atoms with van der Waals surface area (Å²) in [5.41, 5.74) is 2.53. The van der Waals surface area contributed by atoms with E-state index < -0.39 is 0 Å². The zero-order valence-corrected chi connectivity index (χ0v) is 12.9. The number of hydrogen-bond donors (Lipinski definition) is 0. The molecule has 0 saturated heterocycles. The van der Waals surface area contributed by atoms with Gasteiger partial charge in [-0.15, -0.1) is 0 Å². The van der Waals surface area contributed by atoms with Gasteiger partial charge in [-0.2, -0.15) is 5.26 Å². The number of nitrogens with zero attached hydrogens (tertiary/aromatic N) is 2. The van der Waals surface area contributed by atoms with Gasteiger partial charge in [0, 0.05) is 5.39 Å². The van der Waals surface area contributed by atoms with Crippen LogP contribution in [0.4, 0.5) is 0 Å². The number of ether oxygens (including phenoxy) is 1. The SMILES string of the molecule is N#Cc1ccc2cc(OCc3ccc4ccccc4n3)ccc2c1. The monoisotopic (exact) mass is 310 g/mol. The number of aromatic nitrogens is 1. The van der Waals surface area contributed by atoms with Gasteiger partial charge in [0.25, 0.3) is 0 Å². The summed E-state index contributed by atoms with van der Waals surface area (Å²) in [6, 6.07) is 25.8. The van der Waals surface area contributed by atoms with Gasteiger partial charge in [-0.3, -0.25) is 0 Å². The van der Waals surface area contributed by atoms with E-state index >= 15 is 0 Å². The zero-order chi connectivity index (χ0) is 16.4.